The fourth-order valence-electron chi connectivity index (χ4n) is 5.91. The van der Waals surface area contributed by atoms with Crippen molar-refractivity contribution in [2.24, 2.45) is 23.7 Å². The number of carbonyl (C=O) groups is 1. The van der Waals surface area contributed by atoms with Gasteiger partial charge >= 0.3 is 0 Å². The highest BCUT2D eigenvalue weighted by molar-refractivity contribution is 6.30. The van der Waals surface area contributed by atoms with Crippen LogP contribution < -0.4 is 16.0 Å². The minimum Gasteiger partial charge on any atom is -0.357 e. The monoisotopic (exact) mass is 503 g/mol. The zero-order chi connectivity index (χ0) is 25.2. The Bertz CT molecular complexity index is 1010. The Balaban J connectivity index is 1.75. The number of fused-ring (bicyclic) bond motifs is 1. The molecule has 35 heavy (non-hydrogen) atoms. The van der Waals surface area contributed by atoms with Crippen LogP contribution in [0, 0.1) is 35.3 Å². The SMILES string of the molecule is CC(C)CC(C)CNC(=O)C(C1CCCCC1)C1(c2ccc(Cl)cc2)Nc2cc(F)c(F)cc2N1. The predicted molar refractivity (Wildman–Crippen MR) is 138 cm³/mol. The molecule has 0 spiro atoms. The average Bonchev–Trinajstić information content (AvgIpc) is 3.17. The first kappa shape index (κ1) is 25.7. The topological polar surface area (TPSA) is 53.2 Å². The summed E-state index contributed by atoms with van der Waals surface area (Å²) in [5, 5.41) is 10.7. The van der Waals surface area contributed by atoms with Crippen molar-refractivity contribution < 1.29 is 13.6 Å². The van der Waals surface area contributed by atoms with Gasteiger partial charge in [0.25, 0.3) is 0 Å². The molecule has 2 aromatic carbocycles. The lowest BCUT2D eigenvalue weighted by Crippen LogP contribution is -2.55. The molecule has 0 bridgehead atoms. The molecule has 0 radical (unpaired) electrons. The minimum absolute atomic E-state index is 0.0452. The highest BCUT2D eigenvalue weighted by Gasteiger charge is 2.52. The number of anilines is 2. The van der Waals surface area contributed by atoms with E-state index < -0.39 is 23.2 Å². The molecule has 0 saturated heterocycles. The average molecular weight is 504 g/mol. The number of amides is 1. The molecule has 3 N–H and O–H groups in total. The summed E-state index contributed by atoms with van der Waals surface area (Å²) in [7, 11) is 0. The third-order valence-electron chi connectivity index (χ3n) is 7.39. The van der Waals surface area contributed by atoms with Gasteiger partial charge in [0.05, 0.1) is 17.3 Å². The van der Waals surface area contributed by atoms with Gasteiger partial charge in [-0.15, -0.1) is 0 Å². The van der Waals surface area contributed by atoms with Crippen LogP contribution in [0.5, 0.6) is 0 Å². The predicted octanol–water partition coefficient (Wildman–Crippen LogP) is 7.30. The van der Waals surface area contributed by atoms with Gasteiger partial charge in [0, 0.05) is 23.7 Å². The zero-order valence-corrected chi connectivity index (χ0v) is 21.5. The van der Waals surface area contributed by atoms with Crippen LogP contribution in [0.3, 0.4) is 0 Å². The molecule has 2 atom stereocenters. The summed E-state index contributed by atoms with van der Waals surface area (Å²) < 4.78 is 28.3. The standard InChI is InChI=1S/C28H36ClF2N3O/c1-17(2)13-18(3)16-32-27(35)26(19-7-5-4-6-8-19)28(20-9-11-21(29)12-10-20)33-24-14-22(30)23(31)15-25(24)34-28/h9-12,14-15,17-19,26,33-34H,4-8,13,16H2,1-3H3,(H,32,35). The van der Waals surface area contributed by atoms with E-state index in [4.69, 9.17) is 11.6 Å². The van der Waals surface area contributed by atoms with Gasteiger partial charge in [-0.3, -0.25) is 4.79 Å². The van der Waals surface area contributed by atoms with Crippen LogP contribution in [0.15, 0.2) is 36.4 Å². The summed E-state index contributed by atoms with van der Waals surface area (Å²) >= 11 is 6.19. The van der Waals surface area contributed by atoms with Gasteiger partial charge in [-0.05, 0) is 54.7 Å². The fraction of sp³-hybridized carbons (Fsp3) is 0.536. The first-order valence-electron chi connectivity index (χ1n) is 12.8. The quantitative estimate of drug-likeness (QED) is 0.354. The molecule has 2 aliphatic rings. The molecular weight excluding hydrogens is 468 g/mol. The Morgan fingerprint density at radius 1 is 1.03 bits per heavy atom. The van der Waals surface area contributed by atoms with Crippen molar-refractivity contribution in [1.29, 1.82) is 0 Å². The summed E-state index contributed by atoms with van der Waals surface area (Å²) in [4.78, 5) is 14.0. The molecule has 1 aliphatic heterocycles. The lowest BCUT2D eigenvalue weighted by molar-refractivity contribution is -0.129. The van der Waals surface area contributed by atoms with Crippen LogP contribution in [0.1, 0.15) is 64.9 Å². The van der Waals surface area contributed by atoms with Crippen LogP contribution in [-0.2, 0) is 10.5 Å². The molecule has 1 amide bonds. The van der Waals surface area contributed by atoms with Crippen LogP contribution in [0.2, 0.25) is 5.02 Å². The number of nitrogens with one attached hydrogen (secondary N) is 3. The Kier molecular flexibility index (Phi) is 7.89. The summed E-state index contributed by atoms with van der Waals surface area (Å²) in [6, 6.07) is 9.65. The largest absolute Gasteiger partial charge is 0.357 e. The summed E-state index contributed by atoms with van der Waals surface area (Å²) in [5.41, 5.74) is 0.640. The van der Waals surface area contributed by atoms with E-state index in [9.17, 15) is 13.6 Å². The Morgan fingerprint density at radius 2 is 1.60 bits per heavy atom. The number of carbonyl (C=O) groups excluding carboxylic acids is 1. The first-order chi connectivity index (χ1) is 16.7. The van der Waals surface area contributed by atoms with E-state index in [0.29, 0.717) is 34.8 Å². The maximum absolute atomic E-state index is 14.2. The number of hydrogen-bond acceptors (Lipinski definition) is 3. The summed E-state index contributed by atoms with van der Waals surface area (Å²) in [6.45, 7) is 7.10. The molecule has 2 unspecified atom stereocenters. The van der Waals surface area contributed by atoms with Crippen molar-refractivity contribution in [2.45, 2.75) is 65.0 Å². The van der Waals surface area contributed by atoms with Crippen LogP contribution >= 0.6 is 11.6 Å². The van der Waals surface area contributed by atoms with Crippen LogP contribution in [-0.4, -0.2) is 12.5 Å². The zero-order valence-electron chi connectivity index (χ0n) is 20.8. The third kappa shape index (κ3) is 5.58. The second kappa shape index (κ2) is 10.7. The maximum Gasteiger partial charge on any atom is 0.228 e. The molecule has 1 saturated carbocycles. The summed E-state index contributed by atoms with van der Waals surface area (Å²) in [5.74, 6) is -1.37. The van der Waals surface area contributed by atoms with Gasteiger partial charge in [0.2, 0.25) is 5.91 Å². The number of halogens is 3. The molecule has 4 rings (SSSR count). The number of benzene rings is 2. The molecule has 1 aliphatic carbocycles. The molecular formula is C28H36ClF2N3O. The smallest absolute Gasteiger partial charge is 0.228 e. The maximum atomic E-state index is 14.2. The van der Waals surface area contributed by atoms with Gasteiger partial charge in [-0.25, -0.2) is 8.78 Å². The van der Waals surface area contributed by atoms with Crippen molar-refractivity contribution >= 4 is 28.9 Å². The fourth-order valence-corrected chi connectivity index (χ4v) is 6.03. The minimum atomic E-state index is -1.06. The van der Waals surface area contributed by atoms with Gasteiger partial charge in [-0.2, -0.15) is 0 Å². The second-order valence-electron chi connectivity index (χ2n) is 10.7. The second-order valence-corrected chi connectivity index (χ2v) is 11.2. The Morgan fingerprint density at radius 3 is 2.14 bits per heavy atom. The van der Waals surface area contributed by atoms with E-state index in [0.717, 1.165) is 56.2 Å². The van der Waals surface area contributed by atoms with Crippen molar-refractivity contribution in [1.82, 2.24) is 5.32 Å². The summed E-state index contributed by atoms with van der Waals surface area (Å²) in [6.07, 6.45) is 6.16. The van der Waals surface area contributed by atoms with Crippen molar-refractivity contribution in [3.63, 3.8) is 0 Å². The highest BCUT2D eigenvalue weighted by atomic mass is 35.5. The highest BCUT2D eigenvalue weighted by Crippen LogP contribution is 2.49. The van der Waals surface area contributed by atoms with Gasteiger partial charge in [0.15, 0.2) is 11.6 Å². The number of hydrogen-bond donors (Lipinski definition) is 3. The van der Waals surface area contributed by atoms with Crippen molar-refractivity contribution in [3.05, 3.63) is 58.6 Å². The third-order valence-corrected chi connectivity index (χ3v) is 7.64. The molecule has 190 valence electrons. The van der Waals surface area contributed by atoms with Gasteiger partial charge in [0.1, 0.15) is 5.66 Å². The van der Waals surface area contributed by atoms with Crippen LogP contribution in [0.4, 0.5) is 20.2 Å². The molecule has 2 aromatic rings. The lowest BCUT2D eigenvalue weighted by Gasteiger charge is -2.43. The van der Waals surface area contributed by atoms with E-state index in [1.807, 2.05) is 12.1 Å². The van der Waals surface area contributed by atoms with E-state index in [2.05, 4.69) is 36.7 Å². The van der Waals surface area contributed by atoms with E-state index in [1.165, 1.54) is 0 Å². The molecule has 0 aromatic heterocycles. The van der Waals surface area contributed by atoms with E-state index >= 15 is 0 Å². The molecule has 7 heteroatoms. The Labute approximate surface area is 212 Å². The first-order valence-corrected chi connectivity index (χ1v) is 13.2. The molecule has 1 heterocycles. The van der Waals surface area contributed by atoms with E-state index in [1.54, 1.807) is 12.1 Å². The van der Waals surface area contributed by atoms with Gasteiger partial charge in [-0.1, -0.05) is 63.8 Å². The van der Waals surface area contributed by atoms with Crippen molar-refractivity contribution in [2.75, 3.05) is 17.2 Å². The van der Waals surface area contributed by atoms with Crippen LogP contribution in [0.25, 0.3) is 0 Å². The molecule has 1 fully saturated rings. The lowest BCUT2D eigenvalue weighted by atomic mass is 9.71. The Hall–Kier alpha value is -2.34. The normalized spacial score (nSPS) is 18.9. The van der Waals surface area contributed by atoms with E-state index in [-0.39, 0.29) is 11.8 Å². The van der Waals surface area contributed by atoms with Crippen molar-refractivity contribution in [3.8, 4) is 0 Å². The van der Waals surface area contributed by atoms with Gasteiger partial charge < -0.3 is 16.0 Å². The number of rotatable bonds is 8. The molecule has 4 nitrogen and oxygen atoms in total.